The van der Waals surface area contributed by atoms with Gasteiger partial charge < -0.3 is 59.3 Å². The Kier molecular flexibility index (Phi) is 12.2. The van der Waals surface area contributed by atoms with Gasteiger partial charge in [0.15, 0.2) is 17.9 Å². The molecular formula is C36H43NO16. The summed E-state index contributed by atoms with van der Waals surface area (Å²) < 4.78 is 32.6. The summed E-state index contributed by atoms with van der Waals surface area (Å²) in [5.41, 5.74) is -3.92. The Morgan fingerprint density at radius 3 is 2.43 bits per heavy atom. The van der Waals surface area contributed by atoms with Crippen LogP contribution in [0.2, 0.25) is 0 Å². The highest BCUT2D eigenvalue weighted by Gasteiger charge is 2.50. The van der Waals surface area contributed by atoms with Crippen LogP contribution in [0.25, 0.3) is 0 Å². The van der Waals surface area contributed by atoms with Gasteiger partial charge in [0.05, 0.1) is 62.4 Å². The summed E-state index contributed by atoms with van der Waals surface area (Å²) in [6.07, 6.45) is -6.63. The van der Waals surface area contributed by atoms with Gasteiger partial charge >= 0.3 is 11.9 Å². The summed E-state index contributed by atoms with van der Waals surface area (Å²) >= 11 is 0. The minimum Gasteiger partial charge on any atom is -0.507 e. The van der Waals surface area contributed by atoms with Gasteiger partial charge in [-0.1, -0.05) is 12.1 Å². The molecule has 3 aliphatic rings. The maximum atomic E-state index is 13.9. The van der Waals surface area contributed by atoms with Gasteiger partial charge in [0.1, 0.15) is 29.5 Å². The number of carbonyl (C=O) groups excluding carboxylic acids is 5. The molecule has 2 aromatic carbocycles. The van der Waals surface area contributed by atoms with Crippen molar-refractivity contribution < 1.29 is 77.9 Å². The molecule has 0 spiro atoms. The molecule has 17 heteroatoms. The summed E-state index contributed by atoms with van der Waals surface area (Å²) in [5, 5.41) is 58.5. The van der Waals surface area contributed by atoms with E-state index in [-0.39, 0.29) is 60.6 Å². The molecular weight excluding hydrogens is 702 g/mol. The second kappa shape index (κ2) is 16.3. The van der Waals surface area contributed by atoms with Crippen molar-refractivity contribution in [3.63, 3.8) is 0 Å². The van der Waals surface area contributed by atoms with Crippen molar-refractivity contribution >= 4 is 29.3 Å². The number of carbonyl (C=O) groups is 5. The Morgan fingerprint density at radius 1 is 1.06 bits per heavy atom. The molecule has 0 radical (unpaired) electrons. The molecule has 5 rings (SSSR count). The van der Waals surface area contributed by atoms with Crippen molar-refractivity contribution in [3.8, 4) is 17.2 Å². The summed E-state index contributed by atoms with van der Waals surface area (Å²) in [5.74, 6) is -5.36. The van der Waals surface area contributed by atoms with Gasteiger partial charge in [0, 0.05) is 61.9 Å². The number of phenols is 2. The number of hydrogen-bond donors (Lipinski definition) is 6. The fourth-order valence-corrected chi connectivity index (χ4v) is 7.08. The first-order valence-corrected chi connectivity index (χ1v) is 17.0. The number of Topliss-reactive ketones (excluding diaryl/α,β-unsaturated/α-hetero) is 1. The Hall–Kier alpha value is -4.49. The Morgan fingerprint density at radius 2 is 1.77 bits per heavy atom. The first kappa shape index (κ1) is 39.7. The highest BCUT2D eigenvalue weighted by molar-refractivity contribution is 6.31. The third-order valence-electron chi connectivity index (χ3n) is 9.71. The number of esters is 2. The van der Waals surface area contributed by atoms with Crippen LogP contribution in [0.5, 0.6) is 17.2 Å². The van der Waals surface area contributed by atoms with Crippen LogP contribution in [-0.4, -0.2) is 132 Å². The minimum atomic E-state index is -2.31. The van der Waals surface area contributed by atoms with Crippen LogP contribution >= 0.6 is 0 Å². The lowest BCUT2D eigenvalue weighted by molar-refractivity contribution is -0.250. The molecule has 1 saturated heterocycles. The number of phenolic OH excluding ortho intramolecular Hbond substituents is 2. The number of aliphatic hydroxyl groups is 3. The van der Waals surface area contributed by atoms with Gasteiger partial charge in [-0.15, -0.1) is 0 Å². The van der Waals surface area contributed by atoms with Gasteiger partial charge in [-0.25, -0.2) is 4.79 Å². The van der Waals surface area contributed by atoms with Crippen molar-refractivity contribution in [3.05, 3.63) is 51.6 Å². The Bertz CT molecular complexity index is 1780. The number of fused-ring (bicyclic) bond motifs is 3. The molecule has 2 aromatic rings. The number of aromatic hydroxyl groups is 2. The smallest absolute Gasteiger partial charge is 0.347 e. The molecule has 6 N–H and O–H groups in total. The highest BCUT2D eigenvalue weighted by atomic mass is 16.7. The van der Waals surface area contributed by atoms with Crippen LogP contribution in [0.3, 0.4) is 0 Å². The topological polar surface area (TPSA) is 254 Å². The first-order chi connectivity index (χ1) is 25.2. The number of ketones is 3. The van der Waals surface area contributed by atoms with Gasteiger partial charge in [0.2, 0.25) is 11.9 Å². The van der Waals surface area contributed by atoms with Gasteiger partial charge in [-0.2, -0.15) is 0 Å². The monoisotopic (exact) mass is 745 g/mol. The summed E-state index contributed by atoms with van der Waals surface area (Å²) in [7, 11) is 2.48. The minimum absolute atomic E-state index is 0.000255. The normalized spacial score (nSPS) is 25.5. The van der Waals surface area contributed by atoms with Crippen LogP contribution in [0, 0.1) is 0 Å². The van der Waals surface area contributed by atoms with E-state index in [1.54, 1.807) is 6.92 Å². The molecule has 7 atom stereocenters. The average molecular weight is 746 g/mol. The van der Waals surface area contributed by atoms with E-state index in [0.717, 1.165) is 0 Å². The number of aliphatic hydroxyl groups excluding tert-OH is 2. The van der Waals surface area contributed by atoms with Gasteiger partial charge in [-0.05, 0) is 13.0 Å². The number of hydrogen-bond acceptors (Lipinski definition) is 17. The lowest BCUT2D eigenvalue weighted by Gasteiger charge is -2.43. The predicted molar refractivity (Wildman–Crippen MR) is 179 cm³/mol. The number of nitrogens with one attached hydrogen (secondary N) is 1. The van der Waals surface area contributed by atoms with Crippen LogP contribution in [-0.2, 0) is 44.5 Å². The van der Waals surface area contributed by atoms with Crippen molar-refractivity contribution in [2.45, 2.75) is 81.9 Å². The van der Waals surface area contributed by atoms with Crippen LogP contribution in [0.1, 0.15) is 82.2 Å². The van der Waals surface area contributed by atoms with E-state index in [9.17, 15) is 49.5 Å². The van der Waals surface area contributed by atoms with Gasteiger partial charge in [0.25, 0.3) is 0 Å². The zero-order valence-corrected chi connectivity index (χ0v) is 29.6. The highest BCUT2D eigenvalue weighted by Crippen LogP contribution is 2.52. The van der Waals surface area contributed by atoms with Crippen molar-refractivity contribution in [2.24, 2.45) is 0 Å². The summed E-state index contributed by atoms with van der Waals surface area (Å²) in [6.45, 7) is 2.09. The summed E-state index contributed by atoms with van der Waals surface area (Å²) in [6, 6.07) is 3.67. The molecule has 0 bridgehead atoms. The average Bonchev–Trinajstić information content (AvgIpc) is 3.13. The summed E-state index contributed by atoms with van der Waals surface area (Å²) in [4.78, 5) is 63.6. The maximum Gasteiger partial charge on any atom is 0.347 e. The first-order valence-electron chi connectivity index (χ1n) is 17.0. The molecule has 53 heavy (non-hydrogen) atoms. The van der Waals surface area contributed by atoms with E-state index >= 15 is 0 Å². The molecule has 0 aromatic heterocycles. The second-order valence-corrected chi connectivity index (χ2v) is 13.1. The fourth-order valence-electron chi connectivity index (χ4n) is 7.08. The van der Waals surface area contributed by atoms with E-state index < -0.39 is 114 Å². The number of ether oxygens (including phenoxy) is 6. The SMILES string of the molecule is COC(=O)C(CCOCCNC1CC(OC2CC(O)(C(=O)CO)Cc3c(O)c4c(c(O)c32)C(=O)c2c(OC)cccc2C4=O)OC(C)C1O)OC(C)=O. The standard InChI is InChI=1S/C36H43NO16/c1-16-30(41)20(37-9-11-50-10-8-22(35(46)49-4)52-17(2)39)12-25(51-16)53-23-14-36(47,24(40)15-38)13-19-27(23)34(45)29-28(32(19)43)31(42)18-6-5-7-21(48-3)26(18)33(29)44/h5-7,16,20,22-23,25,30,37-38,41,43,45,47H,8-15H2,1-4H3. The molecule has 1 fully saturated rings. The van der Waals surface area contributed by atoms with E-state index in [2.05, 4.69) is 10.1 Å². The van der Waals surface area contributed by atoms with Crippen molar-refractivity contribution in [1.29, 1.82) is 0 Å². The Balaban J connectivity index is 1.37. The predicted octanol–water partition coefficient (Wildman–Crippen LogP) is 0.144. The molecule has 1 heterocycles. The zero-order valence-electron chi connectivity index (χ0n) is 29.6. The lowest BCUT2D eigenvalue weighted by Crippen LogP contribution is -2.55. The number of rotatable bonds is 14. The number of methoxy groups -OCH3 is 2. The molecule has 1 aliphatic heterocycles. The third-order valence-corrected chi connectivity index (χ3v) is 9.71. The molecule has 2 aliphatic carbocycles. The van der Waals surface area contributed by atoms with Crippen LogP contribution < -0.4 is 10.1 Å². The lowest BCUT2D eigenvalue weighted by atomic mass is 9.72. The van der Waals surface area contributed by atoms with E-state index in [0.29, 0.717) is 0 Å². The Labute approximate surface area is 303 Å². The zero-order chi connectivity index (χ0) is 38.8. The molecule has 0 amide bonds. The van der Waals surface area contributed by atoms with E-state index in [1.807, 2.05) is 0 Å². The number of benzene rings is 2. The van der Waals surface area contributed by atoms with Crippen molar-refractivity contribution in [1.82, 2.24) is 5.32 Å². The van der Waals surface area contributed by atoms with Crippen LogP contribution in [0.15, 0.2) is 18.2 Å². The van der Waals surface area contributed by atoms with Crippen LogP contribution in [0.4, 0.5) is 0 Å². The third kappa shape index (κ3) is 7.77. The maximum absolute atomic E-state index is 13.9. The largest absolute Gasteiger partial charge is 0.507 e. The second-order valence-electron chi connectivity index (χ2n) is 13.1. The van der Waals surface area contributed by atoms with E-state index in [4.69, 9.17) is 23.7 Å². The molecule has 17 nitrogen and oxygen atoms in total. The van der Waals surface area contributed by atoms with Gasteiger partial charge in [-0.3, -0.25) is 19.2 Å². The molecule has 0 saturated carbocycles. The van der Waals surface area contributed by atoms with E-state index in [1.165, 1.54) is 39.3 Å². The van der Waals surface area contributed by atoms with Crippen molar-refractivity contribution in [2.75, 3.05) is 40.6 Å². The molecule has 7 unspecified atom stereocenters. The fraction of sp³-hybridized carbons (Fsp3) is 0.528. The molecule has 288 valence electrons. The quantitative estimate of drug-likeness (QED) is 0.0729.